The zero-order chi connectivity index (χ0) is 20.8. The molecule has 0 aliphatic rings. The summed E-state index contributed by atoms with van der Waals surface area (Å²) in [5, 5.41) is 8.39. The maximum atomic E-state index is 12.4. The molecule has 3 aromatic rings. The fourth-order valence-electron chi connectivity index (χ4n) is 2.42. The van der Waals surface area contributed by atoms with Gasteiger partial charge in [-0.05, 0) is 37.0 Å². The molecule has 0 aromatic carbocycles. The smallest absolute Gasteiger partial charge is 0.352 e. The van der Waals surface area contributed by atoms with Gasteiger partial charge in [-0.15, -0.1) is 16.4 Å². The lowest BCUT2D eigenvalue weighted by Gasteiger charge is -2.08. The molecule has 0 saturated heterocycles. The molecule has 0 bridgehead atoms. The molecule has 1 amide bonds. The lowest BCUT2D eigenvalue weighted by atomic mass is 10.1. The number of anilines is 1. The van der Waals surface area contributed by atoms with Crippen molar-refractivity contribution >= 4 is 45.7 Å². The van der Waals surface area contributed by atoms with Gasteiger partial charge in [-0.3, -0.25) is 4.79 Å². The van der Waals surface area contributed by atoms with Crippen LogP contribution < -0.4 is 5.32 Å². The number of amides is 1. The highest BCUT2D eigenvalue weighted by molar-refractivity contribution is 7.15. The van der Waals surface area contributed by atoms with Crippen LogP contribution in [0.25, 0.3) is 11.3 Å². The number of ether oxygens (including phenoxy) is 2. The number of carbonyl (C=O) groups excluding carboxylic acids is 3. The van der Waals surface area contributed by atoms with Gasteiger partial charge in [0.05, 0.1) is 18.6 Å². The van der Waals surface area contributed by atoms with Crippen LogP contribution in [0, 0.1) is 0 Å². The lowest BCUT2D eigenvalue weighted by molar-refractivity contribution is -0.119. The first-order chi connectivity index (χ1) is 14.0. The Bertz CT molecular complexity index is 1010. The van der Waals surface area contributed by atoms with E-state index in [4.69, 9.17) is 13.9 Å². The van der Waals surface area contributed by atoms with E-state index < -0.39 is 24.5 Å². The molecule has 0 radical (unpaired) electrons. The average Bonchev–Trinajstić information content (AvgIpc) is 3.45. The normalized spacial score (nSPS) is 10.6. The molecule has 29 heavy (non-hydrogen) atoms. The fraction of sp³-hybridized carbons (Fsp3) is 0.278. The number of nitrogens with one attached hydrogen (secondary N) is 1. The van der Waals surface area contributed by atoms with Crippen molar-refractivity contribution in [2.45, 2.75) is 20.3 Å². The summed E-state index contributed by atoms with van der Waals surface area (Å²) in [4.78, 5) is 37.1. The first kappa shape index (κ1) is 20.7. The molecule has 0 saturated carbocycles. The second kappa shape index (κ2) is 9.43. The molecule has 11 heteroatoms. The molecular weight excluding hydrogens is 418 g/mol. The van der Waals surface area contributed by atoms with Gasteiger partial charge >= 0.3 is 11.9 Å². The molecule has 3 aromatic heterocycles. The van der Waals surface area contributed by atoms with Gasteiger partial charge in [-0.2, -0.15) is 0 Å². The van der Waals surface area contributed by atoms with E-state index in [1.807, 2.05) is 6.92 Å². The standard InChI is InChI=1S/C18H17N3O6S2/c1-3-11-15(29-21-20-11)18(24)27-8-13(22)19-16-14(17(23)25-4-2)10(9-28-16)12-6-5-7-26-12/h5-7,9H,3-4,8H2,1-2H3,(H,19,22). The van der Waals surface area contributed by atoms with Crippen LogP contribution in [0.2, 0.25) is 0 Å². The third kappa shape index (κ3) is 4.69. The number of thiophene rings is 1. The number of hydrogen-bond donors (Lipinski definition) is 1. The molecular formula is C18H17N3O6S2. The Labute approximate surface area is 173 Å². The fourth-order valence-corrected chi connectivity index (χ4v) is 4.02. The summed E-state index contributed by atoms with van der Waals surface area (Å²) < 4.78 is 19.2. The van der Waals surface area contributed by atoms with Crippen molar-refractivity contribution in [2.24, 2.45) is 0 Å². The molecule has 0 fully saturated rings. The summed E-state index contributed by atoms with van der Waals surface area (Å²) in [5.74, 6) is -1.37. The highest BCUT2D eigenvalue weighted by Crippen LogP contribution is 2.36. The Balaban J connectivity index is 1.71. The zero-order valence-corrected chi connectivity index (χ0v) is 17.2. The Morgan fingerprint density at radius 1 is 1.21 bits per heavy atom. The minimum absolute atomic E-state index is 0.180. The van der Waals surface area contributed by atoms with E-state index in [-0.39, 0.29) is 22.0 Å². The number of carbonyl (C=O) groups is 3. The molecule has 0 aliphatic heterocycles. The van der Waals surface area contributed by atoms with E-state index in [1.165, 1.54) is 6.26 Å². The van der Waals surface area contributed by atoms with Gasteiger partial charge in [0, 0.05) is 10.9 Å². The van der Waals surface area contributed by atoms with Gasteiger partial charge in [-0.25, -0.2) is 9.59 Å². The molecule has 1 N–H and O–H groups in total. The summed E-state index contributed by atoms with van der Waals surface area (Å²) in [6, 6.07) is 3.39. The summed E-state index contributed by atoms with van der Waals surface area (Å²) in [5.41, 5.74) is 1.21. The van der Waals surface area contributed by atoms with Crippen LogP contribution in [-0.2, 0) is 20.7 Å². The molecule has 0 unspecified atom stereocenters. The van der Waals surface area contributed by atoms with E-state index in [0.717, 1.165) is 22.9 Å². The van der Waals surface area contributed by atoms with Gasteiger partial charge in [0.2, 0.25) is 0 Å². The van der Waals surface area contributed by atoms with Gasteiger partial charge < -0.3 is 19.2 Å². The number of esters is 2. The van der Waals surface area contributed by atoms with Crippen LogP contribution >= 0.6 is 22.9 Å². The second-order valence-corrected chi connectivity index (χ2v) is 7.21. The number of aromatic nitrogens is 2. The molecule has 0 aliphatic carbocycles. The lowest BCUT2D eigenvalue weighted by Crippen LogP contribution is -2.21. The predicted octanol–water partition coefficient (Wildman–Crippen LogP) is 3.39. The van der Waals surface area contributed by atoms with Crippen LogP contribution in [0.5, 0.6) is 0 Å². The predicted molar refractivity (Wildman–Crippen MR) is 106 cm³/mol. The monoisotopic (exact) mass is 435 g/mol. The SMILES string of the molecule is CCOC(=O)c1c(-c2ccco2)csc1NC(=O)COC(=O)c1snnc1CC. The zero-order valence-electron chi connectivity index (χ0n) is 15.6. The highest BCUT2D eigenvalue weighted by atomic mass is 32.1. The molecule has 3 heterocycles. The highest BCUT2D eigenvalue weighted by Gasteiger charge is 2.25. The van der Waals surface area contributed by atoms with Crippen LogP contribution in [0.3, 0.4) is 0 Å². The molecule has 9 nitrogen and oxygen atoms in total. The summed E-state index contributed by atoms with van der Waals surface area (Å²) in [6.07, 6.45) is 2.01. The Morgan fingerprint density at radius 2 is 2.03 bits per heavy atom. The number of aryl methyl sites for hydroxylation is 1. The second-order valence-electron chi connectivity index (χ2n) is 5.58. The van der Waals surface area contributed by atoms with Gasteiger partial charge in [-0.1, -0.05) is 11.4 Å². The maximum Gasteiger partial charge on any atom is 0.352 e. The number of hydrogen-bond acceptors (Lipinski definition) is 10. The molecule has 0 spiro atoms. The van der Waals surface area contributed by atoms with Crippen LogP contribution in [-0.4, -0.2) is 40.6 Å². The quantitative estimate of drug-likeness (QED) is 0.535. The molecule has 0 atom stereocenters. The minimum atomic E-state index is -0.667. The Morgan fingerprint density at radius 3 is 2.72 bits per heavy atom. The topological polar surface area (TPSA) is 121 Å². The van der Waals surface area contributed by atoms with E-state index in [9.17, 15) is 14.4 Å². The van der Waals surface area contributed by atoms with E-state index in [2.05, 4.69) is 14.9 Å². The van der Waals surface area contributed by atoms with Crippen molar-refractivity contribution in [3.63, 3.8) is 0 Å². The first-order valence-corrected chi connectivity index (χ1v) is 10.3. The number of nitrogens with zero attached hydrogens (tertiary/aromatic N) is 2. The Kier molecular flexibility index (Phi) is 6.73. The van der Waals surface area contributed by atoms with Crippen molar-refractivity contribution in [2.75, 3.05) is 18.5 Å². The molecule has 152 valence electrons. The summed E-state index contributed by atoms with van der Waals surface area (Å²) in [6.45, 7) is 3.19. The van der Waals surface area contributed by atoms with Crippen molar-refractivity contribution < 1.29 is 28.3 Å². The van der Waals surface area contributed by atoms with E-state index in [0.29, 0.717) is 23.4 Å². The first-order valence-electron chi connectivity index (χ1n) is 8.65. The van der Waals surface area contributed by atoms with Crippen LogP contribution in [0.4, 0.5) is 5.00 Å². The van der Waals surface area contributed by atoms with E-state index >= 15 is 0 Å². The van der Waals surface area contributed by atoms with E-state index in [1.54, 1.807) is 24.4 Å². The summed E-state index contributed by atoms with van der Waals surface area (Å²) in [7, 11) is 0. The number of furan rings is 1. The van der Waals surface area contributed by atoms with Crippen LogP contribution in [0.15, 0.2) is 28.2 Å². The van der Waals surface area contributed by atoms with Gasteiger partial charge in [0.15, 0.2) is 11.5 Å². The van der Waals surface area contributed by atoms with Crippen molar-refractivity contribution in [1.29, 1.82) is 0 Å². The van der Waals surface area contributed by atoms with Crippen molar-refractivity contribution in [1.82, 2.24) is 9.59 Å². The minimum Gasteiger partial charge on any atom is -0.464 e. The molecule has 3 rings (SSSR count). The van der Waals surface area contributed by atoms with Gasteiger partial charge in [0.1, 0.15) is 16.3 Å². The van der Waals surface area contributed by atoms with Crippen molar-refractivity contribution in [3.05, 3.63) is 39.9 Å². The third-order valence-electron chi connectivity index (χ3n) is 3.72. The third-order valence-corrected chi connectivity index (χ3v) is 5.36. The summed E-state index contributed by atoms with van der Waals surface area (Å²) >= 11 is 2.06. The number of rotatable bonds is 8. The van der Waals surface area contributed by atoms with Crippen molar-refractivity contribution in [3.8, 4) is 11.3 Å². The maximum absolute atomic E-state index is 12.4. The Hall–Kier alpha value is -3.05. The largest absolute Gasteiger partial charge is 0.464 e. The average molecular weight is 435 g/mol. The van der Waals surface area contributed by atoms with Crippen LogP contribution in [0.1, 0.15) is 39.6 Å². The van der Waals surface area contributed by atoms with Gasteiger partial charge in [0.25, 0.3) is 5.91 Å².